The van der Waals surface area contributed by atoms with Crippen molar-refractivity contribution < 1.29 is 0 Å². The second kappa shape index (κ2) is 4.70. The van der Waals surface area contributed by atoms with E-state index in [0.29, 0.717) is 0 Å². The van der Waals surface area contributed by atoms with Crippen LogP contribution in [-0.4, -0.2) is 4.98 Å². The summed E-state index contributed by atoms with van der Waals surface area (Å²) in [7, 11) is 0. The fourth-order valence-electron chi connectivity index (χ4n) is 2.21. The fourth-order valence-corrected chi connectivity index (χ4v) is 2.21. The van der Waals surface area contributed by atoms with E-state index in [2.05, 4.69) is 56.1 Å². The molecule has 1 heterocycles. The molecule has 2 aromatic rings. The summed E-state index contributed by atoms with van der Waals surface area (Å²) in [6.45, 7) is 8.48. The first-order valence-corrected chi connectivity index (χ1v) is 6.16. The van der Waals surface area contributed by atoms with Crippen LogP contribution in [0.5, 0.6) is 0 Å². The first-order chi connectivity index (χ1) is 8.11. The second-order valence-corrected chi connectivity index (χ2v) is 4.58. The molecule has 1 nitrogen and oxygen atoms in total. The largest absolute Gasteiger partial charge is 0.258 e. The van der Waals surface area contributed by atoms with Crippen molar-refractivity contribution in [3.05, 3.63) is 52.8 Å². The Morgan fingerprint density at radius 1 is 1.00 bits per heavy atom. The molecule has 0 amide bonds. The van der Waals surface area contributed by atoms with E-state index in [1.165, 1.54) is 22.3 Å². The third-order valence-corrected chi connectivity index (χ3v) is 3.27. The van der Waals surface area contributed by atoms with E-state index in [0.717, 1.165) is 17.8 Å². The van der Waals surface area contributed by atoms with Gasteiger partial charge in [-0.2, -0.15) is 0 Å². The van der Waals surface area contributed by atoms with Gasteiger partial charge >= 0.3 is 0 Å². The lowest BCUT2D eigenvalue weighted by Gasteiger charge is -2.10. The molecule has 0 saturated carbocycles. The maximum Gasteiger partial charge on any atom is 0.0454 e. The molecular weight excluding hydrogens is 206 g/mol. The first-order valence-electron chi connectivity index (χ1n) is 6.16. The predicted octanol–water partition coefficient (Wildman–Crippen LogP) is 4.24. The molecule has 0 radical (unpaired) electrons. The van der Waals surface area contributed by atoms with Gasteiger partial charge in [0.15, 0.2) is 0 Å². The van der Waals surface area contributed by atoms with Crippen molar-refractivity contribution in [2.75, 3.05) is 0 Å². The van der Waals surface area contributed by atoms with E-state index in [1.807, 2.05) is 6.92 Å². The first kappa shape index (κ1) is 11.8. The SMILES string of the molecule is CCc1cc(-c2ccc(C)nc2C)ccc1C. The van der Waals surface area contributed by atoms with Gasteiger partial charge in [-0.25, -0.2) is 0 Å². The topological polar surface area (TPSA) is 12.9 Å². The van der Waals surface area contributed by atoms with E-state index < -0.39 is 0 Å². The Morgan fingerprint density at radius 2 is 1.76 bits per heavy atom. The van der Waals surface area contributed by atoms with Gasteiger partial charge in [-0.15, -0.1) is 0 Å². The van der Waals surface area contributed by atoms with Crippen LogP contribution in [0, 0.1) is 20.8 Å². The number of hydrogen-bond donors (Lipinski definition) is 0. The third-order valence-electron chi connectivity index (χ3n) is 3.27. The Labute approximate surface area is 104 Å². The highest BCUT2D eigenvalue weighted by atomic mass is 14.7. The summed E-state index contributed by atoms with van der Waals surface area (Å²) in [5, 5.41) is 0. The van der Waals surface area contributed by atoms with Gasteiger partial charge in [0, 0.05) is 17.0 Å². The van der Waals surface area contributed by atoms with Crippen LogP contribution in [0.2, 0.25) is 0 Å². The molecule has 0 aliphatic heterocycles. The number of aromatic nitrogens is 1. The predicted molar refractivity (Wildman–Crippen MR) is 73.3 cm³/mol. The number of nitrogens with zero attached hydrogens (tertiary/aromatic N) is 1. The molecule has 1 aromatic heterocycles. The summed E-state index contributed by atoms with van der Waals surface area (Å²) >= 11 is 0. The number of hydrogen-bond acceptors (Lipinski definition) is 1. The van der Waals surface area contributed by atoms with Gasteiger partial charge in [-0.05, 0) is 49.9 Å². The molecule has 17 heavy (non-hydrogen) atoms. The minimum absolute atomic E-state index is 1.08. The van der Waals surface area contributed by atoms with Crippen LogP contribution < -0.4 is 0 Å². The quantitative estimate of drug-likeness (QED) is 0.745. The van der Waals surface area contributed by atoms with Gasteiger partial charge < -0.3 is 0 Å². The second-order valence-electron chi connectivity index (χ2n) is 4.58. The molecule has 0 aliphatic rings. The minimum Gasteiger partial charge on any atom is -0.258 e. The van der Waals surface area contributed by atoms with E-state index >= 15 is 0 Å². The maximum absolute atomic E-state index is 4.53. The summed E-state index contributed by atoms with van der Waals surface area (Å²) < 4.78 is 0. The highest BCUT2D eigenvalue weighted by Crippen LogP contribution is 2.25. The van der Waals surface area contributed by atoms with E-state index in [1.54, 1.807) is 0 Å². The smallest absolute Gasteiger partial charge is 0.0454 e. The van der Waals surface area contributed by atoms with Gasteiger partial charge in [-0.1, -0.05) is 31.2 Å². The van der Waals surface area contributed by atoms with Gasteiger partial charge in [-0.3, -0.25) is 4.98 Å². The summed E-state index contributed by atoms with van der Waals surface area (Å²) in [5.41, 5.74) is 7.49. The van der Waals surface area contributed by atoms with Crippen LogP contribution in [0.1, 0.15) is 29.4 Å². The van der Waals surface area contributed by atoms with Crippen molar-refractivity contribution in [2.45, 2.75) is 34.1 Å². The Kier molecular flexibility index (Phi) is 3.28. The summed E-state index contributed by atoms with van der Waals surface area (Å²) in [4.78, 5) is 4.53. The zero-order valence-corrected chi connectivity index (χ0v) is 11.0. The third kappa shape index (κ3) is 2.38. The van der Waals surface area contributed by atoms with Crippen LogP contribution in [-0.2, 0) is 6.42 Å². The molecule has 0 atom stereocenters. The van der Waals surface area contributed by atoms with E-state index in [-0.39, 0.29) is 0 Å². The van der Waals surface area contributed by atoms with Crippen molar-refractivity contribution in [3.63, 3.8) is 0 Å². The lowest BCUT2D eigenvalue weighted by molar-refractivity contribution is 1.10. The standard InChI is InChI=1S/C16H19N/c1-5-14-10-15(8-6-11(14)2)16-9-7-12(3)17-13(16)4/h6-10H,5H2,1-4H3. The Balaban J connectivity index is 2.53. The molecule has 1 heteroatoms. The summed E-state index contributed by atoms with van der Waals surface area (Å²) in [6, 6.07) is 10.9. The Morgan fingerprint density at radius 3 is 2.41 bits per heavy atom. The van der Waals surface area contributed by atoms with Gasteiger partial charge in [0.05, 0.1) is 0 Å². The molecule has 0 fully saturated rings. The number of benzene rings is 1. The van der Waals surface area contributed by atoms with E-state index in [4.69, 9.17) is 0 Å². The summed E-state index contributed by atoms with van der Waals surface area (Å²) in [6.07, 6.45) is 1.08. The Hall–Kier alpha value is -1.63. The number of aryl methyl sites for hydroxylation is 4. The minimum atomic E-state index is 1.08. The molecule has 0 N–H and O–H groups in total. The normalized spacial score (nSPS) is 10.6. The molecule has 0 aliphatic carbocycles. The average Bonchev–Trinajstić information content (AvgIpc) is 2.30. The van der Waals surface area contributed by atoms with Crippen molar-refractivity contribution in [2.24, 2.45) is 0 Å². The summed E-state index contributed by atoms with van der Waals surface area (Å²) in [5.74, 6) is 0. The maximum atomic E-state index is 4.53. The molecule has 0 unspecified atom stereocenters. The molecule has 0 saturated heterocycles. The van der Waals surface area contributed by atoms with Crippen LogP contribution in [0.4, 0.5) is 0 Å². The van der Waals surface area contributed by atoms with Crippen LogP contribution in [0.3, 0.4) is 0 Å². The number of pyridine rings is 1. The van der Waals surface area contributed by atoms with Crippen LogP contribution in [0.15, 0.2) is 30.3 Å². The van der Waals surface area contributed by atoms with Crippen molar-refractivity contribution >= 4 is 0 Å². The van der Waals surface area contributed by atoms with E-state index in [9.17, 15) is 0 Å². The lowest BCUT2D eigenvalue weighted by Crippen LogP contribution is -1.92. The zero-order valence-electron chi connectivity index (χ0n) is 11.0. The highest BCUT2D eigenvalue weighted by molar-refractivity contribution is 5.67. The monoisotopic (exact) mass is 225 g/mol. The van der Waals surface area contributed by atoms with Gasteiger partial charge in [0.25, 0.3) is 0 Å². The fraction of sp³-hybridized carbons (Fsp3) is 0.312. The average molecular weight is 225 g/mol. The van der Waals surface area contributed by atoms with Gasteiger partial charge in [0.1, 0.15) is 0 Å². The number of rotatable bonds is 2. The molecule has 88 valence electrons. The molecule has 0 spiro atoms. The van der Waals surface area contributed by atoms with Crippen molar-refractivity contribution in [3.8, 4) is 11.1 Å². The van der Waals surface area contributed by atoms with Crippen LogP contribution in [0.25, 0.3) is 11.1 Å². The molecule has 2 rings (SSSR count). The van der Waals surface area contributed by atoms with Crippen LogP contribution >= 0.6 is 0 Å². The zero-order chi connectivity index (χ0) is 12.4. The van der Waals surface area contributed by atoms with Crippen molar-refractivity contribution in [1.29, 1.82) is 0 Å². The van der Waals surface area contributed by atoms with Crippen molar-refractivity contribution in [1.82, 2.24) is 4.98 Å². The highest BCUT2D eigenvalue weighted by Gasteiger charge is 2.05. The molecular formula is C16H19N. The molecule has 0 bridgehead atoms. The Bertz CT molecular complexity index is 541. The molecule has 1 aromatic carbocycles. The lowest BCUT2D eigenvalue weighted by atomic mass is 9.97. The van der Waals surface area contributed by atoms with Gasteiger partial charge in [0.2, 0.25) is 0 Å².